The number of pyridine rings is 6. The van der Waals surface area contributed by atoms with Crippen molar-refractivity contribution < 1.29 is 0 Å². The van der Waals surface area contributed by atoms with E-state index in [1.54, 1.807) is 18.6 Å². The fourth-order valence-corrected chi connectivity index (χ4v) is 6.96. The van der Waals surface area contributed by atoms with E-state index in [0.717, 1.165) is 32.1 Å². The number of benzene rings is 5. The van der Waals surface area contributed by atoms with Crippen molar-refractivity contribution in [1.29, 1.82) is 0 Å². The number of aromatic nitrogens is 6. The van der Waals surface area contributed by atoms with Crippen molar-refractivity contribution in [2.24, 2.45) is 0 Å². The Morgan fingerprint density at radius 1 is 0.158 bits per heavy atom. The zero-order valence-electron chi connectivity index (χ0n) is 40.1. The topological polar surface area (TPSA) is 77.3 Å². The summed E-state index contributed by atoms with van der Waals surface area (Å²) in [5.74, 6) is 0. The summed E-state index contributed by atoms with van der Waals surface area (Å²) in [7, 11) is 0. The van der Waals surface area contributed by atoms with Gasteiger partial charge in [0, 0.05) is 80.8 Å². The second kappa shape index (κ2) is 41.5. The van der Waals surface area contributed by atoms with Gasteiger partial charge in [-0.3, -0.25) is 29.9 Å². The van der Waals surface area contributed by atoms with Crippen LogP contribution in [-0.2, 0) is 32.1 Å². The first kappa shape index (κ1) is 65.0. The highest BCUT2D eigenvalue weighted by Gasteiger charge is 1.97. The van der Waals surface area contributed by atoms with E-state index in [0.29, 0.717) is 0 Å². The van der Waals surface area contributed by atoms with E-state index in [1.807, 2.05) is 159 Å². The Morgan fingerprint density at radius 3 is 0.539 bits per heavy atom. The monoisotopic (exact) mass is 1000 g/mol. The first-order valence-electron chi connectivity index (χ1n) is 23.7. The highest BCUT2D eigenvalue weighted by atomic mass is 14.6. The predicted octanol–water partition coefficient (Wildman–Crippen LogP) is 17.6. The third kappa shape index (κ3) is 28.3. The second-order valence-electron chi connectivity index (χ2n) is 16.1. The summed E-state index contributed by atoms with van der Waals surface area (Å²) in [5.41, 5.74) is 13.0. The van der Waals surface area contributed by atoms with Crippen LogP contribution in [0.25, 0.3) is 0 Å². The lowest BCUT2D eigenvalue weighted by atomic mass is 10.1. The standard InChI is InChI=1S/C13H12.2C12H11N.2C11H10N2.C6H6.5CH4/c1-3-7-12(8-4-1)11-13-9-5-2-6-10-13;1-2-5-11(6-3-1)9-12-7-4-8-13-10-12;1-2-4-11(5-3-1)10-12-6-8-13-9-7-12;1-5-12-6-2-10(1)9-11-3-7-13-8-4-11;1-3-10(8-12-5-1)7-11-4-2-6-13-9-11;1-2-4-6-5-3-1;;;;;/h1-10H,11H2;1-8,10H,9H2;1-9H,10H2;1-8H,9H2;1-6,8-9H,7H2;1-6H;5*1H4. The van der Waals surface area contributed by atoms with Gasteiger partial charge in [-0.05, 0) is 136 Å². The van der Waals surface area contributed by atoms with Gasteiger partial charge in [-0.25, -0.2) is 0 Å². The number of nitrogens with zero attached hydrogens (tertiary/aromatic N) is 6. The summed E-state index contributed by atoms with van der Waals surface area (Å²) in [6.45, 7) is 0. The molecule has 0 saturated heterocycles. The van der Waals surface area contributed by atoms with Crippen molar-refractivity contribution in [3.05, 3.63) is 361 Å². The van der Waals surface area contributed by atoms with E-state index < -0.39 is 0 Å². The highest BCUT2D eigenvalue weighted by molar-refractivity contribution is 5.28. The molecular weight excluding hydrogens is 925 g/mol. The van der Waals surface area contributed by atoms with Crippen LogP contribution in [0.2, 0.25) is 0 Å². The molecule has 11 aromatic rings. The molecule has 0 bridgehead atoms. The average molecular weight is 1010 g/mol. The van der Waals surface area contributed by atoms with Crippen LogP contribution >= 0.6 is 0 Å². The van der Waals surface area contributed by atoms with Crippen molar-refractivity contribution >= 4 is 0 Å². The SMILES string of the molecule is C.C.C.C.C.c1cc(Cc2ccncc2)ccn1.c1ccc(Cc2ccccc2)cc1.c1ccc(Cc2cccnc2)cc1.c1ccc(Cc2ccncc2)cc1.c1ccccc1.c1cncc(Cc2cccnc2)c1. The molecule has 0 radical (unpaired) electrons. The quantitative estimate of drug-likeness (QED) is 0.136. The maximum absolute atomic E-state index is 4.08. The molecule has 6 nitrogen and oxygen atoms in total. The molecule has 0 fully saturated rings. The average Bonchev–Trinajstić information content (AvgIpc) is 3.45. The van der Waals surface area contributed by atoms with Gasteiger partial charge in [-0.15, -0.1) is 0 Å². The van der Waals surface area contributed by atoms with Gasteiger partial charge in [0.2, 0.25) is 0 Å². The Kier molecular flexibility index (Phi) is 35.5. The molecule has 0 saturated carbocycles. The summed E-state index contributed by atoms with van der Waals surface area (Å²) in [5, 5.41) is 0. The van der Waals surface area contributed by atoms with Crippen molar-refractivity contribution in [1.82, 2.24) is 29.9 Å². The minimum atomic E-state index is 0. The lowest BCUT2D eigenvalue weighted by molar-refractivity contribution is 1.12. The first-order chi connectivity index (χ1) is 35.2. The molecule has 0 unspecified atom stereocenters. The summed E-state index contributed by atoms with van der Waals surface area (Å²) in [6, 6.07) is 78.3. The van der Waals surface area contributed by atoms with E-state index in [9.17, 15) is 0 Å². The predicted molar refractivity (Wildman–Crippen MR) is 325 cm³/mol. The van der Waals surface area contributed by atoms with Crippen LogP contribution in [0.3, 0.4) is 0 Å². The Balaban J connectivity index is 0.000000455. The van der Waals surface area contributed by atoms with E-state index in [4.69, 9.17) is 0 Å². The zero-order chi connectivity index (χ0) is 48.9. The molecule has 0 aliphatic heterocycles. The van der Waals surface area contributed by atoms with Crippen molar-refractivity contribution in [2.45, 2.75) is 69.2 Å². The highest BCUT2D eigenvalue weighted by Crippen LogP contribution is 2.11. The van der Waals surface area contributed by atoms with E-state index >= 15 is 0 Å². The molecule has 11 rings (SSSR count). The van der Waals surface area contributed by atoms with Crippen LogP contribution in [0.4, 0.5) is 0 Å². The molecule has 76 heavy (non-hydrogen) atoms. The first-order valence-corrected chi connectivity index (χ1v) is 23.7. The minimum absolute atomic E-state index is 0. The van der Waals surface area contributed by atoms with Crippen LogP contribution in [0.15, 0.2) is 305 Å². The zero-order valence-corrected chi connectivity index (χ0v) is 40.1. The largest absolute Gasteiger partial charge is 0.265 e. The number of rotatable bonds is 10. The van der Waals surface area contributed by atoms with Gasteiger partial charge < -0.3 is 0 Å². The van der Waals surface area contributed by atoms with Crippen LogP contribution < -0.4 is 0 Å². The normalized spacial score (nSPS) is 9.05. The molecule has 0 aliphatic rings. The van der Waals surface area contributed by atoms with E-state index in [-0.39, 0.29) is 37.1 Å². The third-order valence-corrected chi connectivity index (χ3v) is 10.5. The Hall–Kier alpha value is -9.00. The fourth-order valence-electron chi connectivity index (χ4n) is 6.96. The van der Waals surface area contributed by atoms with Crippen LogP contribution in [0.5, 0.6) is 0 Å². The Morgan fingerprint density at radius 2 is 0.329 bits per heavy atom. The molecule has 0 aliphatic carbocycles. The number of hydrogen-bond donors (Lipinski definition) is 0. The van der Waals surface area contributed by atoms with Gasteiger partial charge in [0.15, 0.2) is 0 Å². The van der Waals surface area contributed by atoms with Crippen molar-refractivity contribution in [2.75, 3.05) is 0 Å². The molecule has 390 valence electrons. The van der Waals surface area contributed by atoms with E-state index in [2.05, 4.69) is 157 Å². The molecule has 6 aromatic heterocycles. The molecule has 0 amide bonds. The van der Waals surface area contributed by atoms with Crippen LogP contribution in [0, 0.1) is 0 Å². The maximum Gasteiger partial charge on any atom is 0.0303 e. The molecule has 5 aromatic carbocycles. The lowest BCUT2D eigenvalue weighted by Gasteiger charge is -2.00. The van der Waals surface area contributed by atoms with Crippen molar-refractivity contribution in [3.8, 4) is 0 Å². The summed E-state index contributed by atoms with van der Waals surface area (Å²) in [6.07, 6.45) is 26.8. The fraction of sp³-hybridized carbons (Fsp3) is 0.143. The second-order valence-corrected chi connectivity index (χ2v) is 16.1. The van der Waals surface area contributed by atoms with Gasteiger partial charge in [0.1, 0.15) is 0 Å². The van der Waals surface area contributed by atoms with Gasteiger partial charge in [0.25, 0.3) is 0 Å². The maximum atomic E-state index is 4.08. The Bertz CT molecular complexity index is 2260. The summed E-state index contributed by atoms with van der Waals surface area (Å²) in [4.78, 5) is 24.1. The van der Waals surface area contributed by atoms with E-state index in [1.165, 1.54) is 55.6 Å². The molecule has 0 N–H and O–H groups in total. The van der Waals surface area contributed by atoms with Crippen molar-refractivity contribution in [3.63, 3.8) is 0 Å². The lowest BCUT2D eigenvalue weighted by Crippen LogP contribution is -1.88. The molecular formula is C70H80N6. The van der Waals surface area contributed by atoms with Crippen LogP contribution in [0.1, 0.15) is 92.8 Å². The molecule has 6 heteroatoms. The number of hydrogen-bond acceptors (Lipinski definition) is 6. The molecule has 6 heterocycles. The van der Waals surface area contributed by atoms with Gasteiger partial charge >= 0.3 is 0 Å². The minimum Gasteiger partial charge on any atom is -0.265 e. The Labute approximate surface area is 457 Å². The molecule has 0 atom stereocenters. The van der Waals surface area contributed by atoms with Gasteiger partial charge in [0.05, 0.1) is 0 Å². The van der Waals surface area contributed by atoms with Gasteiger partial charge in [-0.2, -0.15) is 0 Å². The van der Waals surface area contributed by atoms with Gasteiger partial charge in [-0.1, -0.05) is 213 Å². The van der Waals surface area contributed by atoms with Crippen LogP contribution in [-0.4, -0.2) is 29.9 Å². The summed E-state index contributed by atoms with van der Waals surface area (Å²) >= 11 is 0. The molecule has 0 spiro atoms. The smallest absolute Gasteiger partial charge is 0.0303 e. The summed E-state index contributed by atoms with van der Waals surface area (Å²) < 4.78 is 0. The third-order valence-electron chi connectivity index (χ3n) is 10.5.